The van der Waals surface area contributed by atoms with Gasteiger partial charge in [-0.1, -0.05) is 28.1 Å². The largest absolute Gasteiger partial charge is 0.504 e. The van der Waals surface area contributed by atoms with E-state index >= 15 is 0 Å². The van der Waals surface area contributed by atoms with Crippen molar-refractivity contribution in [2.45, 2.75) is 6.42 Å². The van der Waals surface area contributed by atoms with Crippen LogP contribution >= 0.6 is 28.1 Å². The van der Waals surface area contributed by atoms with Crippen molar-refractivity contribution in [1.82, 2.24) is 5.32 Å². The molecule has 3 rings (SSSR count). The zero-order valence-corrected chi connectivity index (χ0v) is 17.8. The van der Waals surface area contributed by atoms with Crippen LogP contribution in [0, 0.1) is 0 Å². The summed E-state index contributed by atoms with van der Waals surface area (Å²) in [7, 11) is 1.43. The van der Waals surface area contributed by atoms with Crippen LogP contribution in [-0.2, 0) is 16.0 Å². The number of halogens is 1. The molecule has 0 bridgehead atoms. The van der Waals surface area contributed by atoms with E-state index in [2.05, 4.69) is 27.8 Å². The molecule has 1 heterocycles. The second kappa shape index (κ2) is 8.59. The summed E-state index contributed by atoms with van der Waals surface area (Å²) in [6, 6.07) is 10.2. The lowest BCUT2D eigenvalue weighted by Crippen LogP contribution is -2.54. The Labute approximate surface area is 181 Å². The topological polar surface area (TPSA) is 78.9 Å². The highest BCUT2D eigenvalue weighted by atomic mass is 79.9. The second-order valence-corrected chi connectivity index (χ2v) is 7.46. The van der Waals surface area contributed by atoms with Gasteiger partial charge in [-0.15, -0.1) is 6.58 Å². The molecule has 29 heavy (non-hydrogen) atoms. The number of aromatic hydroxyl groups is 1. The number of ether oxygens (including phenoxy) is 1. The first-order chi connectivity index (χ1) is 13.8. The molecule has 0 saturated carbocycles. The minimum atomic E-state index is -0.594. The van der Waals surface area contributed by atoms with Crippen molar-refractivity contribution in [3.8, 4) is 11.5 Å². The first kappa shape index (κ1) is 20.8. The smallest absolute Gasteiger partial charge is 0.270 e. The zero-order chi connectivity index (χ0) is 21.1. The van der Waals surface area contributed by atoms with Gasteiger partial charge >= 0.3 is 0 Å². The number of carbonyl (C=O) groups excluding carboxylic acids is 2. The standard InChI is InChI=1S/C21H17BrN2O4S/c1-3-5-13-8-12(10-17(28-2)18(13)25)9-16-19(26)23-21(29)24(20(16)27)15-7-4-6-14(22)11-15/h3-4,6-11,25H,1,5H2,2H3,(H,23,26,29). The molecule has 1 aliphatic rings. The molecule has 0 radical (unpaired) electrons. The summed E-state index contributed by atoms with van der Waals surface area (Å²) < 4.78 is 5.97. The fourth-order valence-corrected chi connectivity index (χ4v) is 3.58. The summed E-state index contributed by atoms with van der Waals surface area (Å²) >= 11 is 8.57. The maximum absolute atomic E-state index is 13.1. The van der Waals surface area contributed by atoms with Gasteiger partial charge in [0.2, 0.25) is 0 Å². The fourth-order valence-electron chi connectivity index (χ4n) is 2.91. The Morgan fingerprint density at radius 1 is 1.31 bits per heavy atom. The highest BCUT2D eigenvalue weighted by molar-refractivity contribution is 9.10. The average Bonchev–Trinajstić information content (AvgIpc) is 2.67. The van der Waals surface area contributed by atoms with Crippen LogP contribution in [-0.4, -0.2) is 29.1 Å². The number of allylic oxidation sites excluding steroid dienone is 1. The number of benzene rings is 2. The number of hydrogen-bond acceptors (Lipinski definition) is 5. The number of amides is 2. The van der Waals surface area contributed by atoms with Crippen molar-refractivity contribution in [2.75, 3.05) is 12.0 Å². The van der Waals surface area contributed by atoms with Crippen LogP contribution in [0.15, 0.2) is 59.1 Å². The van der Waals surface area contributed by atoms with Gasteiger partial charge in [-0.05, 0) is 60.6 Å². The lowest BCUT2D eigenvalue weighted by atomic mass is 10.0. The van der Waals surface area contributed by atoms with E-state index < -0.39 is 11.8 Å². The van der Waals surface area contributed by atoms with Gasteiger partial charge in [0.05, 0.1) is 12.8 Å². The predicted octanol–water partition coefficient (Wildman–Crippen LogP) is 3.72. The zero-order valence-electron chi connectivity index (χ0n) is 15.4. The van der Waals surface area contributed by atoms with Crippen LogP contribution in [0.25, 0.3) is 6.08 Å². The van der Waals surface area contributed by atoms with E-state index in [0.717, 1.165) is 4.47 Å². The summed E-state index contributed by atoms with van der Waals surface area (Å²) in [6.45, 7) is 3.67. The molecule has 6 nitrogen and oxygen atoms in total. The van der Waals surface area contributed by atoms with E-state index in [1.165, 1.54) is 18.1 Å². The van der Waals surface area contributed by atoms with Crippen molar-refractivity contribution in [2.24, 2.45) is 0 Å². The first-order valence-corrected chi connectivity index (χ1v) is 9.73. The van der Waals surface area contributed by atoms with Gasteiger partial charge in [0.25, 0.3) is 11.8 Å². The molecular formula is C21H17BrN2O4S. The van der Waals surface area contributed by atoms with Gasteiger partial charge in [-0.3, -0.25) is 19.8 Å². The molecule has 0 unspecified atom stereocenters. The molecule has 0 aromatic heterocycles. The fraction of sp³-hybridized carbons (Fsp3) is 0.0952. The number of methoxy groups -OCH3 is 1. The SMILES string of the molecule is C=CCc1cc(C=C2C(=O)NC(=S)N(c3cccc(Br)c3)C2=O)cc(OC)c1O. The Hall–Kier alpha value is -2.97. The number of phenolic OH excluding ortho intramolecular Hbond substituents is 1. The van der Waals surface area contributed by atoms with E-state index in [-0.39, 0.29) is 22.2 Å². The van der Waals surface area contributed by atoms with Gasteiger partial charge in [0, 0.05) is 10.0 Å². The third kappa shape index (κ3) is 4.23. The van der Waals surface area contributed by atoms with Crippen LogP contribution in [0.1, 0.15) is 11.1 Å². The summed E-state index contributed by atoms with van der Waals surface area (Å²) in [6.07, 6.45) is 3.48. The quantitative estimate of drug-likeness (QED) is 0.300. The van der Waals surface area contributed by atoms with Crippen molar-refractivity contribution in [1.29, 1.82) is 0 Å². The summed E-state index contributed by atoms with van der Waals surface area (Å²) in [5, 5.41) is 12.8. The molecule has 2 aromatic rings. The van der Waals surface area contributed by atoms with Gasteiger partial charge in [0.15, 0.2) is 16.6 Å². The Morgan fingerprint density at radius 3 is 2.72 bits per heavy atom. The third-order valence-electron chi connectivity index (χ3n) is 4.24. The van der Waals surface area contributed by atoms with Gasteiger partial charge in [-0.25, -0.2) is 0 Å². The van der Waals surface area contributed by atoms with E-state index in [1.807, 2.05) is 6.07 Å². The van der Waals surface area contributed by atoms with Crippen LogP contribution in [0.5, 0.6) is 11.5 Å². The number of carbonyl (C=O) groups is 2. The maximum Gasteiger partial charge on any atom is 0.270 e. The van der Waals surface area contributed by atoms with Gasteiger partial charge in [0.1, 0.15) is 5.57 Å². The lowest BCUT2D eigenvalue weighted by molar-refractivity contribution is -0.122. The number of anilines is 1. The third-order valence-corrected chi connectivity index (χ3v) is 5.02. The second-order valence-electron chi connectivity index (χ2n) is 6.16. The molecule has 0 atom stereocenters. The summed E-state index contributed by atoms with van der Waals surface area (Å²) in [4.78, 5) is 26.8. The number of hydrogen-bond donors (Lipinski definition) is 2. The summed E-state index contributed by atoms with van der Waals surface area (Å²) in [5.74, 6) is -0.914. The number of phenols is 1. The monoisotopic (exact) mass is 472 g/mol. The number of thiocarbonyl (C=S) groups is 1. The first-order valence-electron chi connectivity index (χ1n) is 8.53. The van der Waals surface area contributed by atoms with E-state index in [4.69, 9.17) is 17.0 Å². The molecule has 0 aliphatic carbocycles. The number of rotatable bonds is 5. The van der Waals surface area contributed by atoms with Crippen molar-refractivity contribution in [3.63, 3.8) is 0 Å². The molecule has 2 amide bonds. The van der Waals surface area contributed by atoms with Crippen LogP contribution in [0.4, 0.5) is 5.69 Å². The molecule has 0 spiro atoms. The molecule has 2 N–H and O–H groups in total. The summed E-state index contributed by atoms with van der Waals surface area (Å²) in [5.41, 5.74) is 1.53. The van der Waals surface area contributed by atoms with E-state index in [0.29, 0.717) is 23.2 Å². The van der Waals surface area contributed by atoms with Crippen molar-refractivity contribution in [3.05, 3.63) is 70.2 Å². The molecule has 2 aromatic carbocycles. The maximum atomic E-state index is 13.1. The molecule has 1 aliphatic heterocycles. The van der Waals surface area contributed by atoms with Crippen molar-refractivity contribution < 1.29 is 19.4 Å². The Kier molecular flexibility index (Phi) is 6.14. The Bertz CT molecular complexity index is 1060. The van der Waals surface area contributed by atoms with Crippen LogP contribution in [0.3, 0.4) is 0 Å². The highest BCUT2D eigenvalue weighted by Crippen LogP contribution is 2.33. The lowest BCUT2D eigenvalue weighted by Gasteiger charge is -2.29. The molecule has 148 valence electrons. The minimum Gasteiger partial charge on any atom is -0.504 e. The highest BCUT2D eigenvalue weighted by Gasteiger charge is 2.34. The number of nitrogens with zero attached hydrogens (tertiary/aromatic N) is 1. The van der Waals surface area contributed by atoms with Gasteiger partial charge in [-0.2, -0.15) is 0 Å². The molecule has 1 saturated heterocycles. The molecule has 8 heteroatoms. The minimum absolute atomic E-state index is 0.00545. The molecule has 1 fully saturated rings. The van der Waals surface area contributed by atoms with Crippen LogP contribution < -0.4 is 15.0 Å². The van der Waals surface area contributed by atoms with E-state index in [1.54, 1.807) is 36.4 Å². The average molecular weight is 473 g/mol. The van der Waals surface area contributed by atoms with Gasteiger partial charge < -0.3 is 9.84 Å². The van der Waals surface area contributed by atoms with Crippen LogP contribution in [0.2, 0.25) is 0 Å². The predicted molar refractivity (Wildman–Crippen MR) is 119 cm³/mol. The number of nitrogens with one attached hydrogen (secondary N) is 1. The Balaban J connectivity index is 2.07. The Morgan fingerprint density at radius 2 is 2.07 bits per heavy atom. The van der Waals surface area contributed by atoms with E-state index in [9.17, 15) is 14.7 Å². The molecular weight excluding hydrogens is 456 g/mol. The van der Waals surface area contributed by atoms with Crippen molar-refractivity contribution >= 4 is 56.8 Å². The normalized spacial score (nSPS) is 15.4.